The Balaban J connectivity index is 2.17. The van der Waals surface area contributed by atoms with E-state index in [2.05, 4.69) is 10.3 Å². The van der Waals surface area contributed by atoms with Crippen molar-refractivity contribution < 1.29 is 19.4 Å². The lowest BCUT2D eigenvalue weighted by Gasteiger charge is -2.13. The summed E-state index contributed by atoms with van der Waals surface area (Å²) in [6.45, 7) is 3.42. The predicted molar refractivity (Wildman–Crippen MR) is 101 cm³/mol. The van der Waals surface area contributed by atoms with Crippen molar-refractivity contribution in [2.24, 2.45) is 0 Å². The number of rotatable bonds is 4. The number of aryl methyl sites for hydroxylation is 1. The molecule has 1 aromatic heterocycles. The Hall–Kier alpha value is -3.28. The van der Waals surface area contributed by atoms with E-state index in [0.717, 1.165) is 22.0 Å². The zero-order valence-corrected chi connectivity index (χ0v) is 15.1. The topological polar surface area (TPSA) is 80.7 Å². The average Bonchev–Trinajstić information content (AvgIpc) is 2.60. The molecule has 1 heterocycles. The van der Waals surface area contributed by atoms with E-state index in [4.69, 9.17) is 9.47 Å². The standard InChI is InChI=1S/C20H20N2O4/c1-11-7-15(13-5-6-19(25-3)18(24)8-13)22-16-10-17(21-12(2)23)20(26-4)9-14(11)16/h5-10,24H,1-4H3,(H,21,23). The van der Waals surface area contributed by atoms with Crippen LogP contribution in [0.3, 0.4) is 0 Å². The minimum atomic E-state index is -0.185. The molecule has 0 spiro atoms. The number of methoxy groups -OCH3 is 2. The molecule has 0 fully saturated rings. The molecule has 134 valence electrons. The van der Waals surface area contributed by atoms with Crippen LogP contribution in [0.5, 0.6) is 17.2 Å². The van der Waals surface area contributed by atoms with Crippen molar-refractivity contribution in [3.05, 3.63) is 42.0 Å². The number of fused-ring (bicyclic) bond motifs is 1. The first kappa shape index (κ1) is 17.5. The quantitative estimate of drug-likeness (QED) is 0.744. The summed E-state index contributed by atoms with van der Waals surface area (Å²) in [7, 11) is 3.06. The first-order valence-electron chi connectivity index (χ1n) is 8.07. The van der Waals surface area contributed by atoms with Gasteiger partial charge in [-0.05, 0) is 48.9 Å². The fourth-order valence-electron chi connectivity index (χ4n) is 2.88. The lowest BCUT2D eigenvalue weighted by molar-refractivity contribution is -0.114. The van der Waals surface area contributed by atoms with Gasteiger partial charge in [0.05, 0.1) is 31.1 Å². The van der Waals surface area contributed by atoms with Gasteiger partial charge in [-0.15, -0.1) is 0 Å². The number of hydrogen-bond donors (Lipinski definition) is 2. The van der Waals surface area contributed by atoms with E-state index in [0.29, 0.717) is 22.9 Å². The molecule has 0 aliphatic carbocycles. The zero-order chi connectivity index (χ0) is 18.8. The number of phenols is 1. The normalized spacial score (nSPS) is 10.6. The van der Waals surface area contributed by atoms with E-state index in [1.807, 2.05) is 25.1 Å². The SMILES string of the molecule is COc1ccc(-c2cc(C)c3cc(OC)c(NC(C)=O)cc3n2)cc1O. The predicted octanol–water partition coefficient (Wildman–Crippen LogP) is 3.89. The Bertz CT molecular complexity index is 999. The van der Waals surface area contributed by atoms with Crippen molar-refractivity contribution in [3.8, 4) is 28.5 Å². The molecule has 3 aromatic rings. The number of nitrogens with zero attached hydrogens (tertiary/aromatic N) is 1. The molecule has 1 amide bonds. The third-order valence-electron chi connectivity index (χ3n) is 4.12. The number of carbonyl (C=O) groups excluding carboxylic acids is 1. The molecule has 6 nitrogen and oxygen atoms in total. The molecule has 6 heteroatoms. The van der Waals surface area contributed by atoms with E-state index >= 15 is 0 Å². The van der Waals surface area contributed by atoms with Gasteiger partial charge in [0.25, 0.3) is 0 Å². The third-order valence-corrected chi connectivity index (χ3v) is 4.12. The van der Waals surface area contributed by atoms with Gasteiger partial charge in [0, 0.05) is 17.9 Å². The van der Waals surface area contributed by atoms with Crippen LogP contribution >= 0.6 is 0 Å². The molecule has 0 saturated carbocycles. The maximum absolute atomic E-state index is 11.4. The van der Waals surface area contributed by atoms with Crippen LogP contribution < -0.4 is 14.8 Å². The molecule has 0 aliphatic rings. The van der Waals surface area contributed by atoms with Gasteiger partial charge in [-0.25, -0.2) is 4.98 Å². The first-order chi connectivity index (χ1) is 12.4. The molecule has 0 saturated heterocycles. The number of anilines is 1. The van der Waals surface area contributed by atoms with Crippen molar-refractivity contribution >= 4 is 22.5 Å². The molecule has 26 heavy (non-hydrogen) atoms. The van der Waals surface area contributed by atoms with Gasteiger partial charge in [-0.2, -0.15) is 0 Å². The molecule has 3 rings (SSSR count). The van der Waals surface area contributed by atoms with Crippen LogP contribution in [0.2, 0.25) is 0 Å². The molecule has 0 bridgehead atoms. The van der Waals surface area contributed by atoms with Gasteiger partial charge in [0.15, 0.2) is 11.5 Å². The average molecular weight is 352 g/mol. The smallest absolute Gasteiger partial charge is 0.221 e. The summed E-state index contributed by atoms with van der Waals surface area (Å²) in [6.07, 6.45) is 0. The highest BCUT2D eigenvalue weighted by atomic mass is 16.5. The van der Waals surface area contributed by atoms with Crippen LogP contribution in [-0.2, 0) is 4.79 Å². The number of amides is 1. The van der Waals surface area contributed by atoms with Crippen molar-refractivity contribution in [1.82, 2.24) is 4.98 Å². The van der Waals surface area contributed by atoms with Crippen LogP contribution in [0, 0.1) is 6.92 Å². The second-order valence-corrected chi connectivity index (χ2v) is 5.96. The minimum absolute atomic E-state index is 0.0539. The minimum Gasteiger partial charge on any atom is -0.504 e. The van der Waals surface area contributed by atoms with Crippen LogP contribution in [0.4, 0.5) is 5.69 Å². The highest BCUT2D eigenvalue weighted by Crippen LogP contribution is 2.35. The number of nitrogens with one attached hydrogen (secondary N) is 1. The zero-order valence-electron chi connectivity index (χ0n) is 15.1. The van der Waals surface area contributed by atoms with Crippen molar-refractivity contribution in [3.63, 3.8) is 0 Å². The van der Waals surface area contributed by atoms with Gasteiger partial charge in [-0.3, -0.25) is 4.79 Å². The summed E-state index contributed by atoms with van der Waals surface area (Å²) in [5.41, 5.74) is 3.78. The second-order valence-electron chi connectivity index (χ2n) is 5.96. The maximum atomic E-state index is 11.4. The van der Waals surface area contributed by atoms with Crippen molar-refractivity contribution in [2.45, 2.75) is 13.8 Å². The summed E-state index contributed by atoms with van der Waals surface area (Å²) >= 11 is 0. The number of aromatic nitrogens is 1. The number of pyridine rings is 1. The number of carbonyl (C=O) groups is 1. The van der Waals surface area contributed by atoms with Gasteiger partial charge in [0.2, 0.25) is 5.91 Å². The third kappa shape index (κ3) is 3.26. The van der Waals surface area contributed by atoms with Crippen LogP contribution in [0.15, 0.2) is 36.4 Å². The van der Waals surface area contributed by atoms with E-state index in [1.54, 1.807) is 25.3 Å². The Morgan fingerprint density at radius 2 is 1.81 bits per heavy atom. The van der Waals surface area contributed by atoms with Crippen molar-refractivity contribution in [1.29, 1.82) is 0 Å². The summed E-state index contributed by atoms with van der Waals surface area (Å²) < 4.78 is 10.5. The van der Waals surface area contributed by atoms with Crippen LogP contribution in [-0.4, -0.2) is 30.2 Å². The molecular formula is C20H20N2O4. The largest absolute Gasteiger partial charge is 0.504 e. The summed E-state index contributed by atoms with van der Waals surface area (Å²) in [6, 6.07) is 10.7. The number of ether oxygens (including phenoxy) is 2. The monoisotopic (exact) mass is 352 g/mol. The molecule has 2 aromatic carbocycles. The number of phenolic OH excluding ortho intramolecular Hbond substituents is 1. The molecule has 0 radical (unpaired) electrons. The number of benzene rings is 2. The van der Waals surface area contributed by atoms with Crippen molar-refractivity contribution in [2.75, 3.05) is 19.5 Å². The van der Waals surface area contributed by atoms with E-state index < -0.39 is 0 Å². The molecular weight excluding hydrogens is 332 g/mol. The first-order valence-corrected chi connectivity index (χ1v) is 8.07. The Morgan fingerprint density at radius 1 is 1.08 bits per heavy atom. The fourth-order valence-corrected chi connectivity index (χ4v) is 2.88. The summed E-state index contributed by atoms with van der Waals surface area (Å²) in [5.74, 6) is 0.852. The highest BCUT2D eigenvalue weighted by molar-refractivity contribution is 5.96. The van der Waals surface area contributed by atoms with Gasteiger partial charge in [-0.1, -0.05) is 0 Å². The molecule has 0 atom stereocenters. The van der Waals surface area contributed by atoms with Gasteiger partial charge < -0.3 is 19.9 Å². The number of hydrogen-bond acceptors (Lipinski definition) is 5. The van der Waals surface area contributed by atoms with Crippen LogP contribution in [0.25, 0.3) is 22.2 Å². The van der Waals surface area contributed by atoms with E-state index in [9.17, 15) is 9.90 Å². The van der Waals surface area contributed by atoms with E-state index in [-0.39, 0.29) is 11.7 Å². The lowest BCUT2D eigenvalue weighted by atomic mass is 10.0. The van der Waals surface area contributed by atoms with E-state index in [1.165, 1.54) is 14.0 Å². The summed E-state index contributed by atoms with van der Waals surface area (Å²) in [4.78, 5) is 16.1. The lowest BCUT2D eigenvalue weighted by Crippen LogP contribution is -2.07. The molecule has 2 N–H and O–H groups in total. The number of aromatic hydroxyl groups is 1. The highest BCUT2D eigenvalue weighted by Gasteiger charge is 2.12. The Kier molecular flexibility index (Phi) is 4.67. The van der Waals surface area contributed by atoms with Gasteiger partial charge >= 0.3 is 0 Å². The summed E-state index contributed by atoms with van der Waals surface area (Å²) in [5, 5.41) is 13.7. The molecule has 0 unspecified atom stereocenters. The molecule has 0 aliphatic heterocycles. The Labute approximate surface area is 151 Å². The maximum Gasteiger partial charge on any atom is 0.221 e. The fraction of sp³-hybridized carbons (Fsp3) is 0.200. The van der Waals surface area contributed by atoms with Crippen LogP contribution in [0.1, 0.15) is 12.5 Å². The van der Waals surface area contributed by atoms with Gasteiger partial charge in [0.1, 0.15) is 5.75 Å². The Morgan fingerprint density at radius 3 is 2.42 bits per heavy atom. The second kappa shape index (κ2) is 6.92.